The summed E-state index contributed by atoms with van der Waals surface area (Å²) in [7, 11) is 16.1. The highest BCUT2D eigenvalue weighted by Gasteiger charge is 2.38. The minimum atomic E-state index is -1.05. The molecule has 0 spiro atoms. The van der Waals surface area contributed by atoms with Crippen LogP contribution in [0.15, 0.2) is 77.3 Å². The molecule has 0 heterocycles. The molecule has 3 aromatic carbocycles. The van der Waals surface area contributed by atoms with Gasteiger partial charge >= 0.3 is 0 Å². The van der Waals surface area contributed by atoms with Crippen molar-refractivity contribution in [1.82, 2.24) is 0 Å². The topological polar surface area (TPSA) is 66.4 Å². The van der Waals surface area contributed by atoms with Gasteiger partial charge in [-0.15, -0.1) is 0 Å². The van der Waals surface area contributed by atoms with Crippen LogP contribution in [-0.2, 0) is 30.2 Å². The average molecular weight is 655 g/mol. The molecule has 0 bridgehead atoms. The fourth-order valence-electron chi connectivity index (χ4n) is 4.77. The van der Waals surface area contributed by atoms with Gasteiger partial charge in [0.15, 0.2) is 12.6 Å². The van der Waals surface area contributed by atoms with E-state index in [1.807, 2.05) is 72.8 Å². The van der Waals surface area contributed by atoms with Crippen molar-refractivity contribution in [3.05, 3.63) is 99.5 Å². The maximum absolute atomic E-state index is 13.8. The van der Waals surface area contributed by atoms with E-state index in [4.69, 9.17) is 23.7 Å². The van der Waals surface area contributed by atoms with Gasteiger partial charge in [-0.25, -0.2) is 4.39 Å². The van der Waals surface area contributed by atoms with Crippen LogP contribution in [-0.4, -0.2) is 56.1 Å². The minimum absolute atomic E-state index is 0.266. The Morgan fingerprint density at radius 1 is 0.651 bits per heavy atom. The Kier molecular flexibility index (Phi) is 16.0. The fourth-order valence-corrected chi connectivity index (χ4v) is 5.04. The molecule has 1 N–H and O–H groups in total. The van der Waals surface area contributed by atoms with Crippen molar-refractivity contribution in [3.8, 4) is 5.75 Å². The molecule has 4 radical (unpaired) electrons. The number of hydrogen-bond donors (Lipinski definition) is 1. The van der Waals surface area contributed by atoms with Crippen LogP contribution in [0.1, 0.15) is 73.4 Å². The quantitative estimate of drug-likeness (QED) is 0.192. The number of benzene rings is 3. The van der Waals surface area contributed by atoms with Gasteiger partial charge in [-0.3, -0.25) is 0 Å². The van der Waals surface area contributed by atoms with Crippen molar-refractivity contribution < 1.29 is 33.2 Å². The van der Waals surface area contributed by atoms with E-state index < -0.39 is 11.3 Å². The third-order valence-corrected chi connectivity index (χ3v) is 8.18. The lowest BCUT2D eigenvalue weighted by Crippen LogP contribution is -2.33. The molecule has 0 aliphatic heterocycles. The van der Waals surface area contributed by atoms with E-state index in [1.165, 1.54) is 0 Å². The Morgan fingerprint density at radius 2 is 1.05 bits per heavy atom. The van der Waals surface area contributed by atoms with Gasteiger partial charge in [0.2, 0.25) is 0 Å². The van der Waals surface area contributed by atoms with Gasteiger partial charge in [-0.05, 0) is 73.9 Å². The molecule has 0 aromatic heterocycles. The Morgan fingerprint density at radius 3 is 1.37 bits per heavy atom. The van der Waals surface area contributed by atoms with Crippen molar-refractivity contribution in [2.24, 2.45) is 0 Å². The van der Waals surface area contributed by atoms with E-state index in [9.17, 15) is 9.50 Å². The number of hydrogen-bond acceptors (Lipinski definition) is 6. The molecular weight excluding hydrogens is 613 g/mol. The molecule has 2 aliphatic rings. The molecule has 5 rings (SSSR count). The zero-order chi connectivity index (χ0) is 31.9. The molecular formula is C33H42B2BrFO6. The van der Waals surface area contributed by atoms with Crippen LogP contribution in [0.25, 0.3) is 0 Å². The molecule has 0 amide bonds. The van der Waals surface area contributed by atoms with Gasteiger partial charge in [-0.1, -0.05) is 64.5 Å². The second kappa shape index (κ2) is 18.6. The minimum Gasteiger partial charge on any atom is -0.497 e. The third-order valence-electron chi connectivity index (χ3n) is 7.65. The van der Waals surface area contributed by atoms with E-state index in [-0.39, 0.29) is 12.6 Å². The molecule has 2 saturated carbocycles. The van der Waals surface area contributed by atoms with Crippen molar-refractivity contribution in [2.45, 2.75) is 62.4 Å². The molecule has 10 heteroatoms. The van der Waals surface area contributed by atoms with E-state index in [1.54, 1.807) is 35.5 Å². The summed E-state index contributed by atoms with van der Waals surface area (Å²) >= 11 is 3.36. The zero-order valence-electron chi connectivity index (χ0n) is 25.7. The molecule has 0 atom stereocenters. The Labute approximate surface area is 267 Å². The molecule has 2 fully saturated rings. The van der Waals surface area contributed by atoms with E-state index in [0.29, 0.717) is 12.8 Å². The molecule has 0 saturated heterocycles. The Hall–Kier alpha value is -2.20. The Balaban J connectivity index is 0.000000221. The highest BCUT2D eigenvalue weighted by molar-refractivity contribution is 9.10. The number of alkyl halides is 1. The van der Waals surface area contributed by atoms with E-state index in [0.717, 1.165) is 58.2 Å². The second-order valence-electron chi connectivity index (χ2n) is 10.2. The number of halogens is 2. The van der Waals surface area contributed by atoms with Gasteiger partial charge in [0.05, 0.1) is 12.7 Å². The van der Waals surface area contributed by atoms with Crippen molar-refractivity contribution in [3.63, 3.8) is 0 Å². The highest BCUT2D eigenvalue weighted by atomic mass is 79.9. The average Bonchev–Trinajstić information content (AvgIpc) is 3.03. The van der Waals surface area contributed by atoms with Gasteiger partial charge in [-0.2, -0.15) is 0 Å². The van der Waals surface area contributed by atoms with Gasteiger partial charge < -0.3 is 28.8 Å². The van der Waals surface area contributed by atoms with Crippen LogP contribution >= 0.6 is 15.9 Å². The maximum atomic E-state index is 13.8. The lowest BCUT2D eigenvalue weighted by molar-refractivity contribution is -0.106. The van der Waals surface area contributed by atoms with Gasteiger partial charge in [0.1, 0.15) is 11.4 Å². The van der Waals surface area contributed by atoms with Crippen LogP contribution in [0.4, 0.5) is 4.39 Å². The first-order chi connectivity index (χ1) is 20.7. The Bertz CT molecular complexity index is 1170. The maximum Gasteiger partial charge on any atom is 0.183 e. The number of methoxy groups -OCH3 is 5. The SMILES string of the molecule is COC(OC)c1ccc(Br)cc1.COC(OC)c1ccc(C2(O)CCC2)cc1.COc1ccc(C2(F)CCC2)cc1.[B][B]. The number of aliphatic hydroxyl groups is 1. The van der Waals surface area contributed by atoms with Crippen molar-refractivity contribution >= 4 is 31.4 Å². The third kappa shape index (κ3) is 10.4. The molecule has 43 heavy (non-hydrogen) atoms. The summed E-state index contributed by atoms with van der Waals surface area (Å²) in [6.07, 6.45) is 4.58. The monoisotopic (exact) mass is 654 g/mol. The van der Waals surface area contributed by atoms with Crippen LogP contribution in [0.2, 0.25) is 0 Å². The lowest BCUT2D eigenvalue weighted by atomic mass is 9.75. The highest BCUT2D eigenvalue weighted by Crippen LogP contribution is 2.45. The molecule has 2 aliphatic carbocycles. The summed E-state index contributed by atoms with van der Waals surface area (Å²) in [5.74, 6) is 0.784. The first kappa shape index (κ1) is 37.0. The summed E-state index contributed by atoms with van der Waals surface area (Å²) in [5.41, 5.74) is 2.13. The van der Waals surface area contributed by atoms with E-state index >= 15 is 0 Å². The molecule has 230 valence electrons. The van der Waals surface area contributed by atoms with Gasteiger partial charge in [0.25, 0.3) is 0 Å². The first-order valence-corrected chi connectivity index (χ1v) is 14.9. The summed E-state index contributed by atoms with van der Waals surface area (Å²) in [4.78, 5) is 0. The van der Waals surface area contributed by atoms with Crippen molar-refractivity contribution in [1.29, 1.82) is 0 Å². The normalized spacial score (nSPS) is 15.8. The van der Waals surface area contributed by atoms with Crippen LogP contribution in [0, 0.1) is 0 Å². The number of ether oxygens (including phenoxy) is 5. The second-order valence-corrected chi connectivity index (χ2v) is 11.1. The van der Waals surface area contributed by atoms with Crippen molar-refractivity contribution in [2.75, 3.05) is 35.5 Å². The lowest BCUT2D eigenvalue weighted by Gasteiger charge is -2.37. The summed E-state index contributed by atoms with van der Waals surface area (Å²) in [6, 6.07) is 22.9. The first-order valence-electron chi connectivity index (χ1n) is 14.1. The molecule has 3 aromatic rings. The van der Waals surface area contributed by atoms with E-state index in [2.05, 4.69) is 31.4 Å². The summed E-state index contributed by atoms with van der Waals surface area (Å²) in [5, 5.41) is 10.2. The van der Waals surface area contributed by atoms with Gasteiger partial charge in [0, 0.05) is 59.5 Å². The van der Waals surface area contributed by atoms with Crippen LogP contribution in [0.3, 0.4) is 0 Å². The predicted octanol–water partition coefficient (Wildman–Crippen LogP) is 7.37. The zero-order valence-corrected chi connectivity index (χ0v) is 27.3. The van der Waals surface area contributed by atoms with Crippen LogP contribution < -0.4 is 4.74 Å². The molecule has 6 nitrogen and oxygen atoms in total. The largest absolute Gasteiger partial charge is 0.497 e. The predicted molar refractivity (Wildman–Crippen MR) is 173 cm³/mol. The number of rotatable bonds is 9. The molecule has 0 unspecified atom stereocenters. The smallest absolute Gasteiger partial charge is 0.183 e. The summed E-state index contributed by atoms with van der Waals surface area (Å²) < 4.78 is 40.4. The van der Waals surface area contributed by atoms with Crippen LogP contribution in [0.5, 0.6) is 5.75 Å². The fraction of sp³-hybridized carbons (Fsp3) is 0.455. The standard InChI is InChI=1S/C13H18O3.C11H13FO.C9H11BrO2.B2/c1-15-12(16-2)10-4-6-11(7-5-10)13(14)8-3-9-13;1-13-10-5-3-9(4-6-10)11(12)7-2-8-11;1-11-9(12-2)7-3-5-8(10)6-4-7;1-2/h4-7,12,14H,3,8-9H2,1-2H3;3-6H,2,7-8H2,1H3;3-6,9H,1-2H3;. The summed E-state index contributed by atoms with van der Waals surface area (Å²) in [6.45, 7) is 0.